The number of ether oxygens (including phenoxy) is 3. The molecule has 0 spiro atoms. The molecular formula is C27H30F5N5O3. The van der Waals surface area contributed by atoms with Crippen LogP contribution in [0.2, 0.25) is 0 Å². The van der Waals surface area contributed by atoms with E-state index < -0.39 is 41.8 Å². The molecule has 5 rings (SSSR count). The van der Waals surface area contributed by atoms with Crippen LogP contribution in [0.15, 0.2) is 42.5 Å². The number of hydrogen-bond donors (Lipinski definition) is 1. The Morgan fingerprint density at radius 2 is 1.65 bits per heavy atom. The quantitative estimate of drug-likeness (QED) is 0.399. The Hall–Kier alpha value is -2.97. The van der Waals surface area contributed by atoms with Gasteiger partial charge in [-0.3, -0.25) is 9.80 Å². The largest absolute Gasteiger partial charge is 0.416 e. The second-order valence-corrected chi connectivity index (χ2v) is 9.86. The summed E-state index contributed by atoms with van der Waals surface area (Å²) < 4.78 is 85.3. The molecule has 2 aromatic carbocycles. The number of morpholine rings is 2. The number of nitrogens with one attached hydrogen (secondary N) is 1. The van der Waals surface area contributed by atoms with Gasteiger partial charge >= 0.3 is 6.18 Å². The molecule has 0 bridgehead atoms. The second kappa shape index (κ2) is 12.3. The highest BCUT2D eigenvalue weighted by Crippen LogP contribution is 2.37. The second-order valence-electron chi connectivity index (χ2n) is 9.86. The topological polar surface area (TPSA) is 75.7 Å². The number of nitrogens with zero attached hydrogens (tertiary/aromatic N) is 4. The molecule has 2 aliphatic heterocycles. The van der Waals surface area contributed by atoms with E-state index in [0.29, 0.717) is 44.5 Å². The first-order chi connectivity index (χ1) is 19.2. The maximum absolute atomic E-state index is 14.1. The van der Waals surface area contributed by atoms with Crippen LogP contribution in [0.4, 0.5) is 22.0 Å². The lowest BCUT2D eigenvalue weighted by atomic mass is 10.0. The molecule has 40 heavy (non-hydrogen) atoms. The van der Waals surface area contributed by atoms with Crippen molar-refractivity contribution >= 4 is 0 Å². The molecule has 0 unspecified atom stereocenters. The van der Waals surface area contributed by atoms with Crippen molar-refractivity contribution in [2.75, 3.05) is 39.5 Å². The van der Waals surface area contributed by atoms with E-state index in [9.17, 15) is 22.0 Å². The summed E-state index contributed by atoms with van der Waals surface area (Å²) in [5, 5.41) is 11.4. The molecule has 3 heterocycles. The summed E-state index contributed by atoms with van der Waals surface area (Å²) in [6.45, 7) is 6.12. The van der Waals surface area contributed by atoms with Crippen molar-refractivity contribution in [2.45, 2.75) is 44.6 Å². The van der Waals surface area contributed by atoms with E-state index in [1.165, 1.54) is 19.1 Å². The van der Waals surface area contributed by atoms with Crippen molar-refractivity contribution in [3.05, 3.63) is 82.2 Å². The van der Waals surface area contributed by atoms with Crippen LogP contribution in [0.3, 0.4) is 0 Å². The van der Waals surface area contributed by atoms with Crippen LogP contribution in [-0.4, -0.2) is 71.0 Å². The van der Waals surface area contributed by atoms with Crippen LogP contribution in [0.25, 0.3) is 0 Å². The van der Waals surface area contributed by atoms with Gasteiger partial charge in [-0.05, 0) is 48.4 Å². The average Bonchev–Trinajstić information content (AvgIpc) is 3.35. The molecule has 2 fully saturated rings. The maximum atomic E-state index is 14.1. The Morgan fingerprint density at radius 3 is 2.35 bits per heavy atom. The molecule has 2 saturated heterocycles. The minimum absolute atomic E-state index is 0.0233. The lowest BCUT2D eigenvalue weighted by molar-refractivity contribution is -0.231. The fraction of sp³-hybridized carbons (Fsp3) is 0.481. The van der Waals surface area contributed by atoms with E-state index in [4.69, 9.17) is 14.2 Å². The van der Waals surface area contributed by atoms with E-state index in [1.54, 1.807) is 12.1 Å². The molecule has 3 atom stereocenters. The molecule has 1 N–H and O–H groups in total. The van der Waals surface area contributed by atoms with Crippen molar-refractivity contribution in [1.82, 2.24) is 25.2 Å². The van der Waals surface area contributed by atoms with Crippen molar-refractivity contribution in [1.29, 1.82) is 0 Å². The number of aromatic amines is 1. The van der Waals surface area contributed by atoms with Crippen molar-refractivity contribution in [2.24, 2.45) is 0 Å². The zero-order chi connectivity index (χ0) is 28.3. The van der Waals surface area contributed by atoms with Crippen LogP contribution in [0.5, 0.6) is 0 Å². The molecule has 2 aliphatic rings. The Bertz CT molecular complexity index is 1270. The van der Waals surface area contributed by atoms with Gasteiger partial charge < -0.3 is 14.2 Å². The van der Waals surface area contributed by atoms with Gasteiger partial charge in [-0.25, -0.2) is 8.78 Å². The number of alkyl halides is 3. The van der Waals surface area contributed by atoms with Gasteiger partial charge in [-0.15, -0.1) is 0 Å². The first-order valence-electron chi connectivity index (χ1n) is 13.0. The van der Waals surface area contributed by atoms with E-state index >= 15 is 0 Å². The van der Waals surface area contributed by atoms with Crippen molar-refractivity contribution in [3.63, 3.8) is 0 Å². The van der Waals surface area contributed by atoms with Crippen LogP contribution in [-0.2, 0) is 33.5 Å². The summed E-state index contributed by atoms with van der Waals surface area (Å²) in [6, 6.07) is 7.65. The Labute approximate surface area is 228 Å². The van der Waals surface area contributed by atoms with E-state index in [-0.39, 0.29) is 12.2 Å². The predicted octanol–water partition coefficient (Wildman–Crippen LogP) is 4.61. The van der Waals surface area contributed by atoms with Crippen LogP contribution >= 0.6 is 0 Å². The lowest BCUT2D eigenvalue weighted by Gasteiger charge is -2.42. The minimum Gasteiger partial charge on any atom is -0.379 e. The van der Waals surface area contributed by atoms with Crippen LogP contribution in [0, 0.1) is 11.6 Å². The first kappa shape index (κ1) is 28.6. The van der Waals surface area contributed by atoms with Gasteiger partial charge in [0.15, 0.2) is 6.29 Å². The molecule has 13 heteroatoms. The first-order valence-corrected chi connectivity index (χ1v) is 13.0. The number of aromatic nitrogens is 3. The summed E-state index contributed by atoms with van der Waals surface area (Å²) in [5.74, 6) is -1.43. The highest BCUT2D eigenvalue weighted by molar-refractivity contribution is 5.28. The summed E-state index contributed by atoms with van der Waals surface area (Å²) in [7, 11) is 0. The molecule has 3 aromatic rings. The molecule has 216 valence electrons. The third-order valence-electron chi connectivity index (χ3n) is 7.11. The maximum Gasteiger partial charge on any atom is 0.416 e. The Morgan fingerprint density at radius 1 is 0.950 bits per heavy atom. The third-order valence-corrected chi connectivity index (χ3v) is 7.11. The lowest BCUT2D eigenvalue weighted by Crippen LogP contribution is -2.46. The fourth-order valence-corrected chi connectivity index (χ4v) is 4.99. The Balaban J connectivity index is 1.39. The summed E-state index contributed by atoms with van der Waals surface area (Å²) in [4.78, 5) is 4.28. The van der Waals surface area contributed by atoms with Crippen molar-refractivity contribution in [3.8, 4) is 0 Å². The fourth-order valence-electron chi connectivity index (χ4n) is 4.99. The number of rotatable bonds is 8. The predicted molar refractivity (Wildman–Crippen MR) is 133 cm³/mol. The summed E-state index contributed by atoms with van der Waals surface area (Å²) in [6.07, 6.45) is -6.59. The van der Waals surface area contributed by atoms with Gasteiger partial charge in [0.1, 0.15) is 23.0 Å². The number of benzene rings is 2. The van der Waals surface area contributed by atoms with Gasteiger partial charge in [0.2, 0.25) is 0 Å². The van der Waals surface area contributed by atoms with Crippen LogP contribution < -0.4 is 0 Å². The molecular weight excluding hydrogens is 537 g/mol. The number of halogens is 5. The number of H-pyrrole nitrogens is 1. The molecule has 0 amide bonds. The summed E-state index contributed by atoms with van der Waals surface area (Å²) in [5.41, 5.74) is 1.13. The Kier molecular flexibility index (Phi) is 8.76. The van der Waals surface area contributed by atoms with Gasteiger partial charge in [0.25, 0.3) is 0 Å². The highest BCUT2D eigenvalue weighted by atomic mass is 19.4. The normalized spacial score (nSPS) is 21.9. The standard InChI is InChI=1S/C27H30F5N5O3/c1-17(19-12-20(27(30,31)32)14-22(29)13-19)40-26-25(18-2-4-21(28)5-3-18)37(8-11-39-26)16-24-23(33-35-34-24)15-36-6-9-38-10-7-36/h2-5,12-14,17,25-26H,6-11,15-16H2,1H3,(H,33,34,35)/t17-,25+,26-/m1/s1. The molecule has 8 nitrogen and oxygen atoms in total. The van der Waals surface area contributed by atoms with Gasteiger partial charge in [0, 0.05) is 32.7 Å². The molecule has 1 aromatic heterocycles. The summed E-state index contributed by atoms with van der Waals surface area (Å²) >= 11 is 0. The smallest absolute Gasteiger partial charge is 0.379 e. The van der Waals surface area contributed by atoms with Gasteiger partial charge in [-0.1, -0.05) is 12.1 Å². The highest BCUT2D eigenvalue weighted by Gasteiger charge is 2.37. The molecule has 0 saturated carbocycles. The van der Waals surface area contributed by atoms with E-state index in [1.807, 2.05) is 0 Å². The minimum atomic E-state index is -4.71. The zero-order valence-electron chi connectivity index (χ0n) is 21.8. The molecule has 0 aliphatic carbocycles. The van der Waals surface area contributed by atoms with Gasteiger partial charge in [0.05, 0.1) is 37.5 Å². The average molecular weight is 568 g/mol. The third kappa shape index (κ3) is 6.84. The van der Waals surface area contributed by atoms with Gasteiger partial charge in [-0.2, -0.15) is 28.6 Å². The van der Waals surface area contributed by atoms with E-state index in [2.05, 4.69) is 25.2 Å². The zero-order valence-corrected chi connectivity index (χ0v) is 21.8. The number of hydrogen-bond acceptors (Lipinski definition) is 7. The van der Waals surface area contributed by atoms with Crippen molar-refractivity contribution < 1.29 is 36.2 Å². The SMILES string of the molecule is C[C@@H](O[C@H]1OCCN(Cc2n[nH]nc2CN2CCOCC2)[C@H]1c1ccc(F)cc1)c1cc(F)cc(C(F)(F)F)c1. The molecule has 0 radical (unpaired) electrons. The van der Waals surface area contributed by atoms with E-state index in [0.717, 1.165) is 36.6 Å². The monoisotopic (exact) mass is 567 g/mol. The van der Waals surface area contributed by atoms with Crippen LogP contribution in [0.1, 0.15) is 47.1 Å².